The van der Waals surface area contributed by atoms with Crippen LogP contribution < -0.4 is 10.1 Å². The average Bonchev–Trinajstić information content (AvgIpc) is 2.36. The number of ether oxygens (including phenoxy) is 1. The van der Waals surface area contributed by atoms with E-state index in [0.717, 1.165) is 22.2 Å². The molecule has 1 unspecified atom stereocenters. The van der Waals surface area contributed by atoms with Gasteiger partial charge in [-0.3, -0.25) is 4.79 Å². The number of hydrogen-bond acceptors (Lipinski definition) is 3. The van der Waals surface area contributed by atoms with Gasteiger partial charge in [0.2, 0.25) is 0 Å². The van der Waals surface area contributed by atoms with Gasteiger partial charge in [0.15, 0.2) is 0 Å². The molecule has 0 spiro atoms. The lowest BCUT2D eigenvalue weighted by atomic mass is 9.88. The van der Waals surface area contributed by atoms with E-state index in [9.17, 15) is 9.90 Å². The number of carboxylic acid groups (broad SMARTS) is 1. The quantitative estimate of drug-likeness (QED) is 0.778. The van der Waals surface area contributed by atoms with E-state index < -0.39 is 12.0 Å². The third-order valence-corrected chi connectivity index (χ3v) is 3.66. The van der Waals surface area contributed by atoms with Crippen LogP contribution in [0.5, 0.6) is 5.75 Å². The fourth-order valence-electron chi connectivity index (χ4n) is 1.97. The zero-order chi connectivity index (χ0) is 16.0. The summed E-state index contributed by atoms with van der Waals surface area (Å²) in [5, 5.41) is 12.4. The molecular weight excluding hydrogens is 334 g/mol. The third-order valence-electron chi connectivity index (χ3n) is 3.20. The Kier molecular flexibility index (Phi) is 6.68. The summed E-state index contributed by atoms with van der Waals surface area (Å²) in [7, 11) is 1.61. The van der Waals surface area contributed by atoms with E-state index in [4.69, 9.17) is 4.74 Å². The van der Waals surface area contributed by atoms with Gasteiger partial charge in [-0.05, 0) is 42.0 Å². The minimum Gasteiger partial charge on any atom is -0.497 e. The van der Waals surface area contributed by atoms with Crippen LogP contribution in [0, 0.1) is 5.41 Å². The zero-order valence-electron chi connectivity index (χ0n) is 13.1. The number of carbonyl (C=O) groups is 1. The van der Waals surface area contributed by atoms with Crippen LogP contribution >= 0.6 is 15.9 Å². The average molecular weight is 358 g/mol. The van der Waals surface area contributed by atoms with Crippen molar-refractivity contribution in [2.45, 2.75) is 46.2 Å². The molecule has 0 aliphatic carbocycles. The molecule has 1 atom stereocenters. The monoisotopic (exact) mass is 357 g/mol. The summed E-state index contributed by atoms with van der Waals surface area (Å²) in [4.78, 5) is 11.3. The first-order valence-corrected chi connectivity index (χ1v) is 7.80. The fourth-order valence-corrected chi connectivity index (χ4v) is 2.49. The molecule has 0 amide bonds. The van der Waals surface area contributed by atoms with Crippen molar-refractivity contribution in [1.82, 2.24) is 5.32 Å². The Morgan fingerprint density at radius 1 is 1.38 bits per heavy atom. The lowest BCUT2D eigenvalue weighted by Gasteiger charge is -2.21. The molecule has 0 saturated heterocycles. The van der Waals surface area contributed by atoms with Gasteiger partial charge in [0, 0.05) is 11.0 Å². The van der Waals surface area contributed by atoms with Crippen molar-refractivity contribution in [3.05, 3.63) is 28.2 Å². The van der Waals surface area contributed by atoms with Crippen molar-refractivity contribution in [3.8, 4) is 5.75 Å². The lowest BCUT2D eigenvalue weighted by molar-refractivity contribution is -0.139. The summed E-state index contributed by atoms with van der Waals surface area (Å²) in [5.74, 6) is -0.0519. The third kappa shape index (κ3) is 6.96. The molecule has 4 nitrogen and oxygen atoms in total. The maximum Gasteiger partial charge on any atom is 0.320 e. The van der Waals surface area contributed by atoms with E-state index in [1.807, 2.05) is 18.2 Å². The van der Waals surface area contributed by atoms with Crippen LogP contribution in [0.2, 0.25) is 0 Å². The highest BCUT2D eigenvalue weighted by molar-refractivity contribution is 9.10. The first kappa shape index (κ1) is 18.0. The summed E-state index contributed by atoms with van der Waals surface area (Å²) >= 11 is 3.42. The van der Waals surface area contributed by atoms with E-state index in [0.29, 0.717) is 13.0 Å². The second-order valence-corrected chi connectivity index (χ2v) is 7.29. The van der Waals surface area contributed by atoms with Crippen molar-refractivity contribution in [3.63, 3.8) is 0 Å². The van der Waals surface area contributed by atoms with Crippen molar-refractivity contribution < 1.29 is 14.6 Å². The minimum atomic E-state index is -0.804. The van der Waals surface area contributed by atoms with Crippen molar-refractivity contribution in [2.75, 3.05) is 7.11 Å². The Hall–Kier alpha value is -1.07. The number of nitrogens with one attached hydrogen (secondary N) is 1. The fraction of sp³-hybridized carbons (Fsp3) is 0.562. The van der Waals surface area contributed by atoms with Gasteiger partial charge in [-0.1, -0.05) is 36.7 Å². The summed E-state index contributed by atoms with van der Waals surface area (Å²) in [6, 6.07) is 5.20. The lowest BCUT2D eigenvalue weighted by Crippen LogP contribution is -2.37. The second kappa shape index (κ2) is 7.80. The highest BCUT2D eigenvalue weighted by Gasteiger charge is 2.20. The summed E-state index contributed by atoms with van der Waals surface area (Å²) in [6.45, 7) is 6.85. The maximum atomic E-state index is 11.3. The Morgan fingerprint density at radius 2 is 2.05 bits per heavy atom. The molecule has 21 heavy (non-hydrogen) atoms. The van der Waals surface area contributed by atoms with Gasteiger partial charge in [0.25, 0.3) is 0 Å². The molecule has 0 aliphatic rings. The number of carboxylic acids is 1. The maximum absolute atomic E-state index is 11.3. The second-order valence-electron chi connectivity index (χ2n) is 6.37. The van der Waals surface area contributed by atoms with Gasteiger partial charge >= 0.3 is 5.97 Å². The predicted octanol–water partition coefficient (Wildman–Crippen LogP) is 3.83. The normalized spacial score (nSPS) is 13.0. The topological polar surface area (TPSA) is 58.6 Å². The van der Waals surface area contributed by atoms with Crippen LogP contribution in [0.1, 0.15) is 39.2 Å². The zero-order valence-corrected chi connectivity index (χ0v) is 14.7. The molecule has 118 valence electrons. The molecule has 1 rings (SSSR count). The highest BCUT2D eigenvalue weighted by Crippen LogP contribution is 2.23. The highest BCUT2D eigenvalue weighted by atomic mass is 79.9. The molecule has 0 saturated carbocycles. The van der Waals surface area contributed by atoms with Gasteiger partial charge in [-0.25, -0.2) is 0 Å². The molecule has 0 aromatic heterocycles. The first-order valence-electron chi connectivity index (χ1n) is 7.01. The number of benzene rings is 1. The Balaban J connectivity index is 2.65. The van der Waals surface area contributed by atoms with E-state index in [1.54, 1.807) is 7.11 Å². The molecule has 0 aliphatic heterocycles. The number of methoxy groups -OCH3 is 1. The van der Waals surface area contributed by atoms with E-state index in [1.165, 1.54) is 0 Å². The van der Waals surface area contributed by atoms with Gasteiger partial charge in [0.05, 0.1) is 7.11 Å². The molecule has 1 aromatic carbocycles. The van der Waals surface area contributed by atoms with Crippen molar-refractivity contribution >= 4 is 21.9 Å². The number of rotatable bonds is 7. The number of halogens is 1. The van der Waals surface area contributed by atoms with Crippen LogP contribution in [0.25, 0.3) is 0 Å². The molecule has 1 aromatic rings. The molecule has 2 N–H and O–H groups in total. The minimum absolute atomic E-state index is 0.133. The van der Waals surface area contributed by atoms with Crippen LogP contribution in [0.3, 0.4) is 0 Å². The summed E-state index contributed by atoms with van der Waals surface area (Å²) < 4.78 is 6.12. The molecule has 0 heterocycles. The summed E-state index contributed by atoms with van der Waals surface area (Å²) in [6.07, 6.45) is 1.47. The number of aliphatic carboxylic acids is 1. The van der Waals surface area contributed by atoms with Gasteiger partial charge in [-0.15, -0.1) is 0 Å². The van der Waals surface area contributed by atoms with E-state index in [-0.39, 0.29) is 5.41 Å². The predicted molar refractivity (Wildman–Crippen MR) is 87.6 cm³/mol. The standard InChI is InChI=1S/C16H24BrNO3/c1-16(2,3)6-5-14(15(19)20)18-10-11-7-12(17)9-13(8-11)21-4/h7-9,14,18H,5-6,10H2,1-4H3,(H,19,20). The Morgan fingerprint density at radius 3 is 2.57 bits per heavy atom. The summed E-state index contributed by atoms with van der Waals surface area (Å²) in [5.41, 5.74) is 1.12. The SMILES string of the molecule is COc1cc(Br)cc(CNC(CCC(C)(C)C)C(=O)O)c1. The Bertz CT molecular complexity index is 483. The van der Waals surface area contributed by atoms with E-state index in [2.05, 4.69) is 42.0 Å². The largest absolute Gasteiger partial charge is 0.497 e. The molecule has 0 fully saturated rings. The van der Waals surface area contributed by atoms with Crippen molar-refractivity contribution in [2.24, 2.45) is 5.41 Å². The van der Waals surface area contributed by atoms with Crippen LogP contribution in [0.15, 0.2) is 22.7 Å². The van der Waals surface area contributed by atoms with E-state index >= 15 is 0 Å². The van der Waals surface area contributed by atoms with Crippen LogP contribution in [0.4, 0.5) is 0 Å². The molecule has 0 bridgehead atoms. The van der Waals surface area contributed by atoms with Gasteiger partial charge in [0.1, 0.15) is 11.8 Å². The first-order chi connectivity index (χ1) is 9.71. The molecular formula is C16H24BrNO3. The number of hydrogen-bond donors (Lipinski definition) is 2. The Labute approximate surface area is 135 Å². The van der Waals surface area contributed by atoms with Crippen molar-refractivity contribution in [1.29, 1.82) is 0 Å². The van der Waals surface area contributed by atoms with Crippen LogP contribution in [-0.4, -0.2) is 24.2 Å². The van der Waals surface area contributed by atoms with Gasteiger partial charge in [-0.2, -0.15) is 0 Å². The molecule has 5 heteroatoms. The van der Waals surface area contributed by atoms with Gasteiger partial charge < -0.3 is 15.2 Å². The molecule has 0 radical (unpaired) electrons. The van der Waals surface area contributed by atoms with Crippen LogP contribution in [-0.2, 0) is 11.3 Å². The smallest absolute Gasteiger partial charge is 0.320 e.